The summed E-state index contributed by atoms with van der Waals surface area (Å²) in [5, 5.41) is 19.4. The minimum atomic E-state index is -1.35. The summed E-state index contributed by atoms with van der Waals surface area (Å²) < 4.78 is 22.7. The van der Waals surface area contributed by atoms with Crippen LogP contribution in [0.2, 0.25) is 0 Å². The van der Waals surface area contributed by atoms with E-state index in [9.17, 15) is 14.7 Å². The molecular formula is C27H34O8. The first kappa shape index (κ1) is 26.2. The van der Waals surface area contributed by atoms with Crippen molar-refractivity contribution >= 4 is 11.9 Å². The Morgan fingerprint density at radius 3 is 2.26 bits per heavy atom. The quantitative estimate of drug-likeness (QED) is 0.223. The number of hydrogen-bond acceptors (Lipinski definition) is 7. The lowest BCUT2D eigenvalue weighted by Crippen LogP contribution is -2.28. The molecule has 0 bridgehead atoms. The number of phenolic OH excluding ortho intramolecular Hbond substituents is 1. The van der Waals surface area contributed by atoms with Crippen LogP contribution in [0.3, 0.4) is 0 Å². The summed E-state index contributed by atoms with van der Waals surface area (Å²) in [7, 11) is 0. The van der Waals surface area contributed by atoms with E-state index < -0.39 is 12.4 Å². The SMILES string of the molecule is CCCc1c(OCCCOc2ccc3c(c2CCC)OC(OC(=O)O)CC3)ccc(C(C)=O)c1O. The fourth-order valence-corrected chi connectivity index (χ4v) is 4.23. The highest BCUT2D eigenvalue weighted by Gasteiger charge is 2.26. The van der Waals surface area contributed by atoms with Gasteiger partial charge in [-0.3, -0.25) is 4.79 Å². The maximum absolute atomic E-state index is 11.7. The van der Waals surface area contributed by atoms with Crippen LogP contribution in [0.4, 0.5) is 4.79 Å². The minimum Gasteiger partial charge on any atom is -0.507 e. The van der Waals surface area contributed by atoms with Gasteiger partial charge in [0.1, 0.15) is 23.0 Å². The largest absolute Gasteiger partial charge is 0.508 e. The van der Waals surface area contributed by atoms with E-state index >= 15 is 0 Å². The van der Waals surface area contributed by atoms with E-state index in [1.54, 1.807) is 12.1 Å². The van der Waals surface area contributed by atoms with E-state index in [0.717, 1.165) is 30.4 Å². The van der Waals surface area contributed by atoms with Gasteiger partial charge >= 0.3 is 6.16 Å². The van der Waals surface area contributed by atoms with Crippen molar-refractivity contribution in [1.82, 2.24) is 0 Å². The smallest absolute Gasteiger partial charge is 0.507 e. The van der Waals surface area contributed by atoms with E-state index in [1.165, 1.54) is 6.92 Å². The highest BCUT2D eigenvalue weighted by atomic mass is 16.8. The average molecular weight is 487 g/mol. The van der Waals surface area contributed by atoms with Crippen LogP contribution in [-0.4, -0.2) is 41.7 Å². The van der Waals surface area contributed by atoms with Crippen LogP contribution < -0.4 is 14.2 Å². The van der Waals surface area contributed by atoms with Gasteiger partial charge < -0.3 is 29.2 Å². The zero-order chi connectivity index (χ0) is 25.4. The summed E-state index contributed by atoms with van der Waals surface area (Å²) in [5.41, 5.74) is 2.89. The van der Waals surface area contributed by atoms with Crippen molar-refractivity contribution in [3.63, 3.8) is 0 Å². The van der Waals surface area contributed by atoms with Crippen molar-refractivity contribution in [2.24, 2.45) is 0 Å². The highest BCUT2D eigenvalue weighted by Crippen LogP contribution is 2.38. The molecule has 0 radical (unpaired) electrons. The minimum absolute atomic E-state index is 0.00320. The molecule has 0 aromatic heterocycles. The van der Waals surface area contributed by atoms with E-state index in [2.05, 4.69) is 6.92 Å². The highest BCUT2D eigenvalue weighted by molar-refractivity contribution is 5.97. The molecule has 1 aliphatic heterocycles. The number of aromatic hydroxyl groups is 1. The molecule has 0 spiro atoms. The van der Waals surface area contributed by atoms with Crippen molar-refractivity contribution in [3.8, 4) is 23.0 Å². The molecule has 2 aromatic carbocycles. The van der Waals surface area contributed by atoms with Gasteiger partial charge in [0.15, 0.2) is 5.78 Å². The van der Waals surface area contributed by atoms with Gasteiger partial charge in [-0.15, -0.1) is 0 Å². The molecule has 0 amide bonds. The number of hydrogen-bond donors (Lipinski definition) is 2. The molecule has 1 aliphatic rings. The Morgan fingerprint density at radius 1 is 1.00 bits per heavy atom. The van der Waals surface area contributed by atoms with Crippen molar-refractivity contribution in [3.05, 3.63) is 46.5 Å². The molecule has 2 aromatic rings. The van der Waals surface area contributed by atoms with E-state index in [0.29, 0.717) is 67.3 Å². The number of carboxylic acid groups (broad SMARTS) is 1. The number of benzene rings is 2. The Labute approximate surface area is 205 Å². The third kappa shape index (κ3) is 6.59. The molecule has 0 saturated carbocycles. The van der Waals surface area contributed by atoms with Gasteiger partial charge in [-0.1, -0.05) is 32.8 Å². The molecular weight excluding hydrogens is 452 g/mol. The zero-order valence-corrected chi connectivity index (χ0v) is 20.6. The second-order valence-corrected chi connectivity index (χ2v) is 8.55. The van der Waals surface area contributed by atoms with E-state index in [1.807, 2.05) is 19.1 Å². The molecule has 0 saturated heterocycles. The number of carbonyl (C=O) groups is 2. The Bertz CT molecular complexity index is 1050. The molecule has 8 nitrogen and oxygen atoms in total. The van der Waals surface area contributed by atoms with Crippen LogP contribution in [0.15, 0.2) is 24.3 Å². The number of aryl methyl sites for hydroxylation is 1. The number of fused-ring (bicyclic) bond motifs is 1. The zero-order valence-electron chi connectivity index (χ0n) is 20.6. The Balaban J connectivity index is 1.63. The van der Waals surface area contributed by atoms with Gasteiger partial charge in [-0.2, -0.15) is 0 Å². The summed E-state index contributed by atoms with van der Waals surface area (Å²) in [6, 6.07) is 7.21. The Morgan fingerprint density at radius 2 is 1.63 bits per heavy atom. The normalized spacial score (nSPS) is 14.5. The van der Waals surface area contributed by atoms with Gasteiger partial charge in [-0.05, 0) is 49.9 Å². The van der Waals surface area contributed by atoms with Crippen molar-refractivity contribution in [2.75, 3.05) is 13.2 Å². The van der Waals surface area contributed by atoms with Crippen molar-refractivity contribution in [1.29, 1.82) is 0 Å². The van der Waals surface area contributed by atoms with Gasteiger partial charge in [0.25, 0.3) is 0 Å². The summed E-state index contributed by atoms with van der Waals surface area (Å²) in [5.74, 6) is 1.75. The summed E-state index contributed by atoms with van der Waals surface area (Å²) in [6.45, 7) is 6.29. The second-order valence-electron chi connectivity index (χ2n) is 8.55. The number of rotatable bonds is 12. The first-order chi connectivity index (χ1) is 16.8. The first-order valence-electron chi connectivity index (χ1n) is 12.2. The van der Waals surface area contributed by atoms with Crippen molar-refractivity contribution in [2.45, 2.75) is 72.0 Å². The van der Waals surface area contributed by atoms with Gasteiger partial charge in [0, 0.05) is 24.0 Å². The molecule has 1 heterocycles. The molecule has 35 heavy (non-hydrogen) atoms. The Kier molecular flexibility index (Phi) is 9.23. The van der Waals surface area contributed by atoms with Crippen LogP contribution in [0.1, 0.15) is 73.5 Å². The monoisotopic (exact) mass is 486 g/mol. The number of ether oxygens (including phenoxy) is 4. The van der Waals surface area contributed by atoms with Crippen LogP contribution >= 0.6 is 0 Å². The summed E-state index contributed by atoms with van der Waals surface area (Å²) >= 11 is 0. The lowest BCUT2D eigenvalue weighted by atomic mass is 9.98. The summed E-state index contributed by atoms with van der Waals surface area (Å²) in [4.78, 5) is 22.7. The molecule has 1 atom stereocenters. The van der Waals surface area contributed by atoms with E-state index in [4.69, 9.17) is 24.1 Å². The first-order valence-corrected chi connectivity index (χ1v) is 12.2. The maximum atomic E-state index is 11.7. The van der Waals surface area contributed by atoms with Crippen molar-refractivity contribution < 1.29 is 38.7 Å². The Hall–Kier alpha value is -3.42. The topological polar surface area (TPSA) is 112 Å². The van der Waals surface area contributed by atoms with Crippen LogP contribution in [0, 0.1) is 0 Å². The number of phenols is 1. The molecule has 3 rings (SSSR count). The molecule has 0 aliphatic carbocycles. The van der Waals surface area contributed by atoms with E-state index in [-0.39, 0.29) is 11.5 Å². The lowest BCUT2D eigenvalue weighted by molar-refractivity contribution is -0.0640. The van der Waals surface area contributed by atoms with Crippen LogP contribution in [-0.2, 0) is 24.0 Å². The van der Waals surface area contributed by atoms with Crippen LogP contribution in [0.25, 0.3) is 0 Å². The number of ketones is 1. The lowest BCUT2D eigenvalue weighted by Gasteiger charge is -2.27. The predicted octanol–water partition coefficient (Wildman–Crippen LogP) is 5.69. The number of carbonyl (C=O) groups excluding carboxylic acids is 1. The third-order valence-corrected chi connectivity index (χ3v) is 5.85. The maximum Gasteiger partial charge on any atom is 0.508 e. The average Bonchev–Trinajstić information content (AvgIpc) is 2.81. The number of Topliss-reactive ketones (excluding diaryl/α,β-unsaturated/α-hetero) is 1. The molecule has 0 fully saturated rings. The van der Waals surface area contributed by atoms with Gasteiger partial charge in [0.05, 0.1) is 18.8 Å². The van der Waals surface area contributed by atoms with Gasteiger partial charge in [-0.25, -0.2) is 4.79 Å². The fourth-order valence-electron chi connectivity index (χ4n) is 4.23. The molecule has 2 N–H and O–H groups in total. The third-order valence-electron chi connectivity index (χ3n) is 5.85. The second kappa shape index (κ2) is 12.3. The molecule has 1 unspecified atom stereocenters. The van der Waals surface area contributed by atoms with Crippen LogP contribution in [0.5, 0.6) is 23.0 Å². The summed E-state index contributed by atoms with van der Waals surface area (Å²) in [6.07, 6.45) is 2.62. The standard InChI is InChI=1S/C27H34O8/c1-4-7-20-22(13-11-19(17(3)28)25(20)29)32-15-6-16-33-23-12-9-18-10-14-24(35-27(30)31)34-26(18)21(23)8-5-2/h9,11-13,24,29H,4-8,10,14-16H2,1-3H3,(H,30,31). The predicted molar refractivity (Wildman–Crippen MR) is 130 cm³/mol. The molecule has 190 valence electrons. The fraction of sp³-hybridized carbons (Fsp3) is 0.481. The molecule has 8 heteroatoms. The van der Waals surface area contributed by atoms with Gasteiger partial charge in [0.2, 0.25) is 6.29 Å².